The zero-order chi connectivity index (χ0) is 36.8. The standard InChI is InChI=1S/C38H56N2O11/c1-22-9-10-25-23(2)27(46-32-37(25)24(22)13-15-35(7,47-32)48-50-37)14-18-39-28(41)11-12-29(42)40-19-16-36(17-20-40)21-26-30(43)33(3,4)31(44)34(5,6)38(26,45-8)51-49-36/h21-25,27,32H,9-20H2,1-8H3,(H,39,41)/t22-,23-,24+,25+,27-,32-,35-,37-,38?/m1/s1. The molecule has 0 radical (unpaired) electrons. The van der Waals surface area contributed by atoms with Gasteiger partial charge in [0.1, 0.15) is 5.60 Å². The van der Waals surface area contributed by atoms with Gasteiger partial charge < -0.3 is 24.4 Å². The molecule has 13 nitrogen and oxygen atoms in total. The number of Topliss-reactive ketones (excluding diaryl/α,β-unsaturated/α-hetero) is 2. The van der Waals surface area contributed by atoms with Crippen LogP contribution in [0, 0.1) is 34.5 Å². The van der Waals surface area contributed by atoms with Crippen molar-refractivity contribution < 1.29 is 52.9 Å². The minimum absolute atomic E-state index is 0.0782. The first-order chi connectivity index (χ1) is 24.0. The van der Waals surface area contributed by atoms with Crippen molar-refractivity contribution in [2.75, 3.05) is 26.7 Å². The zero-order valence-corrected chi connectivity index (χ0v) is 31.5. The van der Waals surface area contributed by atoms with Crippen LogP contribution in [-0.2, 0) is 52.9 Å². The monoisotopic (exact) mass is 716 g/mol. The highest BCUT2D eigenvalue weighted by atomic mass is 17.3. The number of ether oxygens (including phenoxy) is 3. The lowest BCUT2D eigenvalue weighted by Gasteiger charge is -2.60. The first-order valence-corrected chi connectivity index (χ1v) is 18.9. The first-order valence-electron chi connectivity index (χ1n) is 18.9. The fourth-order valence-electron chi connectivity index (χ4n) is 10.5. The number of fused-ring (bicyclic) bond motifs is 3. The fraction of sp³-hybridized carbons (Fsp3) is 0.842. The molecule has 2 amide bonds. The molecule has 0 aromatic heterocycles. The van der Waals surface area contributed by atoms with Crippen LogP contribution in [0.3, 0.4) is 0 Å². The first kappa shape index (κ1) is 37.1. The van der Waals surface area contributed by atoms with Crippen molar-refractivity contribution in [3.05, 3.63) is 11.6 Å². The molecule has 0 aromatic rings. The molecule has 6 aliphatic heterocycles. The summed E-state index contributed by atoms with van der Waals surface area (Å²) in [5, 5.41) is 3.00. The quantitative estimate of drug-likeness (QED) is 0.297. The largest absolute Gasteiger partial charge is 0.356 e. The van der Waals surface area contributed by atoms with Crippen LogP contribution in [0.4, 0.5) is 0 Å². The van der Waals surface area contributed by atoms with Crippen LogP contribution < -0.4 is 5.32 Å². The van der Waals surface area contributed by atoms with E-state index in [-0.39, 0.29) is 59.7 Å². The van der Waals surface area contributed by atoms with E-state index < -0.39 is 39.9 Å². The minimum atomic E-state index is -1.66. The molecule has 2 saturated carbocycles. The molecule has 8 aliphatic rings. The van der Waals surface area contributed by atoms with Crippen molar-refractivity contribution in [1.82, 2.24) is 10.2 Å². The number of ketones is 2. The number of methoxy groups -OCH3 is 1. The molecule has 1 unspecified atom stereocenters. The Balaban J connectivity index is 0.903. The third-order valence-electron chi connectivity index (χ3n) is 13.7. The van der Waals surface area contributed by atoms with Crippen molar-refractivity contribution in [2.45, 2.75) is 141 Å². The number of carbonyl (C=O) groups is 4. The van der Waals surface area contributed by atoms with E-state index in [0.717, 1.165) is 25.7 Å². The maximum atomic E-state index is 13.6. The van der Waals surface area contributed by atoms with Gasteiger partial charge in [0.15, 0.2) is 23.5 Å². The lowest BCUT2D eigenvalue weighted by atomic mass is 9.57. The summed E-state index contributed by atoms with van der Waals surface area (Å²) in [6.07, 6.45) is 6.60. The normalized spacial score (nSPS) is 42.0. The average molecular weight is 717 g/mol. The van der Waals surface area contributed by atoms with E-state index in [0.29, 0.717) is 50.7 Å². The van der Waals surface area contributed by atoms with Crippen LogP contribution >= 0.6 is 0 Å². The summed E-state index contributed by atoms with van der Waals surface area (Å²) in [7, 11) is 1.40. The van der Waals surface area contributed by atoms with Gasteiger partial charge in [-0.3, -0.25) is 19.2 Å². The Kier molecular flexibility index (Phi) is 9.21. The molecule has 9 atom stereocenters. The average Bonchev–Trinajstić information content (AvgIpc) is 3.34. The number of nitrogens with one attached hydrogen (secondary N) is 1. The van der Waals surface area contributed by atoms with Gasteiger partial charge >= 0.3 is 0 Å². The summed E-state index contributed by atoms with van der Waals surface area (Å²) in [5.41, 5.74) is -3.70. The number of hydrogen-bond acceptors (Lipinski definition) is 11. The summed E-state index contributed by atoms with van der Waals surface area (Å²) in [5.74, 6) is -2.20. The lowest BCUT2D eigenvalue weighted by Crippen LogP contribution is -2.70. The number of hydrogen-bond donors (Lipinski definition) is 1. The Morgan fingerprint density at radius 1 is 0.922 bits per heavy atom. The Morgan fingerprint density at radius 2 is 1.65 bits per heavy atom. The van der Waals surface area contributed by atoms with E-state index in [2.05, 4.69) is 19.2 Å². The summed E-state index contributed by atoms with van der Waals surface area (Å²) >= 11 is 0. The third kappa shape index (κ3) is 5.58. The fourth-order valence-corrected chi connectivity index (χ4v) is 10.5. The molecule has 7 fully saturated rings. The summed E-state index contributed by atoms with van der Waals surface area (Å²) in [6.45, 7) is 14.2. The molecule has 2 bridgehead atoms. The smallest absolute Gasteiger partial charge is 0.242 e. The second-order valence-corrected chi connectivity index (χ2v) is 17.5. The minimum Gasteiger partial charge on any atom is -0.356 e. The number of rotatable bonds is 7. The molecule has 8 rings (SSSR count). The number of carbonyl (C=O) groups excluding carboxylic acids is 4. The van der Waals surface area contributed by atoms with E-state index in [9.17, 15) is 19.2 Å². The highest BCUT2D eigenvalue weighted by Crippen LogP contribution is 2.61. The van der Waals surface area contributed by atoms with Gasteiger partial charge in [-0.25, -0.2) is 14.7 Å². The Hall–Kier alpha value is -2.26. The molecule has 1 N–H and O–H groups in total. The molecule has 2 aliphatic carbocycles. The second kappa shape index (κ2) is 12.7. The van der Waals surface area contributed by atoms with Crippen molar-refractivity contribution in [3.8, 4) is 0 Å². The van der Waals surface area contributed by atoms with Crippen molar-refractivity contribution in [1.29, 1.82) is 0 Å². The molecule has 284 valence electrons. The van der Waals surface area contributed by atoms with Gasteiger partial charge in [-0.05, 0) is 84.1 Å². The molecule has 6 heterocycles. The van der Waals surface area contributed by atoms with E-state index >= 15 is 0 Å². The van der Waals surface area contributed by atoms with Crippen molar-refractivity contribution >= 4 is 23.4 Å². The number of piperidine rings is 1. The molecule has 0 aromatic carbocycles. The lowest BCUT2D eigenvalue weighted by molar-refractivity contribution is -0.571. The second-order valence-electron chi connectivity index (χ2n) is 17.5. The molecule has 2 spiro atoms. The molecule has 51 heavy (non-hydrogen) atoms. The van der Waals surface area contributed by atoms with Crippen LogP contribution in [0.2, 0.25) is 0 Å². The predicted molar refractivity (Wildman–Crippen MR) is 180 cm³/mol. The van der Waals surface area contributed by atoms with E-state index in [4.69, 9.17) is 33.8 Å². The van der Waals surface area contributed by atoms with E-state index in [1.165, 1.54) is 7.11 Å². The Labute approximate surface area is 300 Å². The van der Waals surface area contributed by atoms with E-state index in [1.54, 1.807) is 38.7 Å². The Bertz CT molecular complexity index is 1490. The van der Waals surface area contributed by atoms with Gasteiger partial charge in [0, 0.05) is 64.8 Å². The van der Waals surface area contributed by atoms with E-state index in [1.807, 2.05) is 6.92 Å². The molecule has 5 saturated heterocycles. The van der Waals surface area contributed by atoms with Gasteiger partial charge in [0.05, 0.1) is 22.5 Å². The summed E-state index contributed by atoms with van der Waals surface area (Å²) in [6, 6.07) is 0. The topological polar surface area (TPSA) is 148 Å². The van der Waals surface area contributed by atoms with Gasteiger partial charge in [0.2, 0.25) is 23.4 Å². The molecule has 13 heteroatoms. The van der Waals surface area contributed by atoms with Gasteiger partial charge in [0.25, 0.3) is 0 Å². The van der Waals surface area contributed by atoms with Crippen LogP contribution in [-0.4, -0.2) is 90.2 Å². The Morgan fingerprint density at radius 3 is 2.35 bits per heavy atom. The summed E-state index contributed by atoms with van der Waals surface area (Å²) in [4.78, 5) is 78.7. The number of nitrogens with zero attached hydrogens (tertiary/aromatic N) is 1. The molecular weight excluding hydrogens is 660 g/mol. The van der Waals surface area contributed by atoms with Crippen molar-refractivity contribution in [2.24, 2.45) is 34.5 Å². The molecular formula is C38H56N2O11. The zero-order valence-electron chi connectivity index (χ0n) is 31.5. The third-order valence-corrected chi connectivity index (χ3v) is 13.7. The van der Waals surface area contributed by atoms with Gasteiger partial charge in [-0.1, -0.05) is 13.8 Å². The van der Waals surface area contributed by atoms with Crippen LogP contribution in [0.25, 0.3) is 0 Å². The van der Waals surface area contributed by atoms with Gasteiger partial charge in [-0.2, -0.15) is 4.89 Å². The number of likely N-dealkylation sites (tertiary alicyclic amines) is 1. The van der Waals surface area contributed by atoms with Gasteiger partial charge in [-0.15, -0.1) is 0 Å². The number of amides is 2. The van der Waals surface area contributed by atoms with Crippen LogP contribution in [0.5, 0.6) is 0 Å². The summed E-state index contributed by atoms with van der Waals surface area (Å²) < 4.78 is 18.8. The highest BCUT2D eigenvalue weighted by molar-refractivity contribution is 6.19. The maximum Gasteiger partial charge on any atom is 0.242 e. The predicted octanol–water partition coefficient (Wildman–Crippen LogP) is 4.32. The van der Waals surface area contributed by atoms with Crippen LogP contribution in [0.15, 0.2) is 11.6 Å². The highest BCUT2D eigenvalue weighted by Gasteiger charge is 2.70. The SMILES string of the molecule is COC12OOC3(C=C1C(=O)C(C)(C)C(=O)C2(C)C)CCN(C(=O)CCC(=O)NCC[C@H]1O[C@@H]2O[C@@]4(C)CC[C@H]5[C@H](C)CC[C@@H]([C@H]1C)[C@@]25OO4)CC3. The maximum absolute atomic E-state index is 13.6. The van der Waals surface area contributed by atoms with Crippen molar-refractivity contribution in [3.63, 3.8) is 0 Å². The van der Waals surface area contributed by atoms with Crippen LogP contribution in [0.1, 0.15) is 106 Å².